The molecule has 1 fully saturated rings. The van der Waals surface area contributed by atoms with Gasteiger partial charge in [-0.1, -0.05) is 0 Å². The van der Waals surface area contributed by atoms with Gasteiger partial charge in [0, 0.05) is 30.8 Å². The second-order valence-electron chi connectivity index (χ2n) is 6.32. The summed E-state index contributed by atoms with van der Waals surface area (Å²) >= 11 is 0. The van der Waals surface area contributed by atoms with Crippen molar-refractivity contribution in [2.45, 2.75) is 25.4 Å². The van der Waals surface area contributed by atoms with Gasteiger partial charge < -0.3 is 4.90 Å². The van der Waals surface area contributed by atoms with Gasteiger partial charge >= 0.3 is 6.18 Å². The van der Waals surface area contributed by atoms with Crippen molar-refractivity contribution in [3.05, 3.63) is 41.7 Å². The van der Waals surface area contributed by atoms with E-state index in [-0.39, 0.29) is 24.4 Å². The van der Waals surface area contributed by atoms with Gasteiger partial charge in [-0.15, -0.1) is 5.10 Å². The molecule has 0 aliphatic carbocycles. The van der Waals surface area contributed by atoms with E-state index in [0.29, 0.717) is 5.56 Å². The van der Waals surface area contributed by atoms with E-state index >= 15 is 0 Å². The van der Waals surface area contributed by atoms with Gasteiger partial charge in [0.1, 0.15) is 6.33 Å². The average molecular weight is 386 g/mol. The van der Waals surface area contributed by atoms with E-state index in [1.165, 1.54) is 25.5 Å². The first-order chi connectivity index (χ1) is 12.5. The lowest BCUT2D eigenvalue weighted by atomic mass is 10.1. The summed E-state index contributed by atoms with van der Waals surface area (Å²) in [6, 6.07) is 3.47. The highest BCUT2D eigenvalue weighted by atomic mass is 19.4. The molecular weight excluding hydrogens is 371 g/mol. The number of carbonyl (C=O) groups is 1. The Hall–Kier alpha value is -2.78. The molecule has 3 rings (SSSR count). The first kappa shape index (κ1) is 19.0. The molecule has 1 aliphatic heterocycles. The van der Waals surface area contributed by atoms with Crippen LogP contribution in [0.4, 0.5) is 22.0 Å². The van der Waals surface area contributed by atoms with Crippen LogP contribution >= 0.6 is 0 Å². The summed E-state index contributed by atoms with van der Waals surface area (Å²) in [6.07, 6.45) is -1.37. The summed E-state index contributed by atoms with van der Waals surface area (Å²) in [5.41, 5.74) is -0.230. The van der Waals surface area contributed by atoms with Crippen LogP contribution in [0.15, 0.2) is 30.6 Å². The lowest BCUT2D eigenvalue weighted by Crippen LogP contribution is -2.29. The zero-order chi connectivity index (χ0) is 19.8. The van der Waals surface area contributed by atoms with Crippen molar-refractivity contribution >= 4 is 12.1 Å². The average Bonchev–Trinajstić information content (AvgIpc) is 3.17. The third-order valence-corrected chi connectivity index (χ3v) is 4.02. The Morgan fingerprint density at radius 1 is 1.26 bits per heavy atom. The number of amides is 1. The number of benzene rings is 1. The van der Waals surface area contributed by atoms with Gasteiger partial charge in [0.15, 0.2) is 5.82 Å². The molecule has 0 bridgehead atoms. The number of aromatic nitrogens is 3. The van der Waals surface area contributed by atoms with E-state index in [0.717, 1.165) is 27.8 Å². The topological polar surface area (TPSA) is 51.0 Å². The van der Waals surface area contributed by atoms with Gasteiger partial charge in [0.25, 0.3) is 5.92 Å². The summed E-state index contributed by atoms with van der Waals surface area (Å²) < 4.78 is 66.2. The maximum absolute atomic E-state index is 13.1. The SMILES string of the molecule is Cc1cc(-c2ncn(/C=C\C(=O)N3CCC(F)(F)C3)n2)cc(C(F)(F)F)c1. The molecule has 10 heteroatoms. The number of rotatable bonds is 3. The smallest absolute Gasteiger partial charge is 0.333 e. The summed E-state index contributed by atoms with van der Waals surface area (Å²) in [5, 5.41) is 4.00. The van der Waals surface area contributed by atoms with Crippen molar-refractivity contribution in [3.63, 3.8) is 0 Å². The summed E-state index contributed by atoms with van der Waals surface area (Å²) in [5.74, 6) is -3.43. The predicted molar refractivity (Wildman–Crippen MR) is 86.7 cm³/mol. The maximum Gasteiger partial charge on any atom is 0.416 e. The number of nitrogens with zero attached hydrogens (tertiary/aromatic N) is 4. The Labute approximate surface area is 151 Å². The molecule has 0 radical (unpaired) electrons. The highest BCUT2D eigenvalue weighted by molar-refractivity contribution is 5.90. The molecule has 1 aromatic carbocycles. The Morgan fingerprint density at radius 3 is 2.63 bits per heavy atom. The predicted octanol–water partition coefficient (Wildman–Crippen LogP) is 3.61. The fourth-order valence-electron chi connectivity index (χ4n) is 2.72. The largest absolute Gasteiger partial charge is 0.416 e. The van der Waals surface area contributed by atoms with Crippen LogP contribution in [0.2, 0.25) is 0 Å². The van der Waals surface area contributed by atoms with E-state index in [2.05, 4.69) is 10.1 Å². The molecule has 0 spiro atoms. The van der Waals surface area contributed by atoms with Crippen LogP contribution < -0.4 is 0 Å². The number of carbonyl (C=O) groups excluding carboxylic acids is 1. The summed E-state index contributed by atoms with van der Waals surface area (Å²) in [7, 11) is 0. The Balaban J connectivity index is 1.76. The van der Waals surface area contributed by atoms with Crippen molar-refractivity contribution in [3.8, 4) is 11.4 Å². The highest BCUT2D eigenvalue weighted by Crippen LogP contribution is 2.32. The van der Waals surface area contributed by atoms with Gasteiger partial charge in [-0.25, -0.2) is 18.4 Å². The number of hydrogen-bond acceptors (Lipinski definition) is 3. The molecule has 0 unspecified atom stereocenters. The second kappa shape index (κ2) is 6.75. The molecule has 1 aliphatic rings. The Kier molecular flexibility index (Phi) is 4.75. The zero-order valence-corrected chi connectivity index (χ0v) is 14.2. The molecule has 5 nitrogen and oxygen atoms in total. The van der Waals surface area contributed by atoms with Crippen LogP contribution in [0, 0.1) is 6.92 Å². The van der Waals surface area contributed by atoms with Crippen LogP contribution in [0.1, 0.15) is 17.5 Å². The van der Waals surface area contributed by atoms with Crippen LogP contribution in [-0.2, 0) is 11.0 Å². The molecule has 2 aromatic rings. The lowest BCUT2D eigenvalue weighted by molar-refractivity contribution is -0.137. The van der Waals surface area contributed by atoms with E-state index in [1.54, 1.807) is 0 Å². The van der Waals surface area contributed by atoms with Gasteiger partial charge in [-0.05, 0) is 30.7 Å². The van der Waals surface area contributed by atoms with Gasteiger partial charge in [0.2, 0.25) is 5.91 Å². The van der Waals surface area contributed by atoms with Crippen LogP contribution in [-0.4, -0.2) is 44.6 Å². The van der Waals surface area contributed by atoms with Crippen molar-refractivity contribution < 1.29 is 26.7 Å². The van der Waals surface area contributed by atoms with Gasteiger partial charge in [0.05, 0.1) is 12.1 Å². The number of halogens is 5. The zero-order valence-electron chi connectivity index (χ0n) is 14.2. The third-order valence-electron chi connectivity index (χ3n) is 4.02. The molecule has 2 heterocycles. The fourth-order valence-corrected chi connectivity index (χ4v) is 2.72. The lowest BCUT2D eigenvalue weighted by Gasteiger charge is -2.13. The van der Waals surface area contributed by atoms with E-state index in [4.69, 9.17) is 0 Å². The molecular formula is C17H15F5N4O. The van der Waals surface area contributed by atoms with Crippen LogP contribution in [0.5, 0.6) is 0 Å². The second-order valence-corrected chi connectivity index (χ2v) is 6.32. The minimum Gasteiger partial charge on any atom is -0.333 e. The number of alkyl halides is 5. The minimum absolute atomic E-state index is 0.0394. The fraction of sp³-hybridized carbons (Fsp3) is 0.353. The summed E-state index contributed by atoms with van der Waals surface area (Å²) in [6.45, 7) is 0.852. The molecule has 144 valence electrons. The standard InChI is InChI=1S/C17H15F5N4O/c1-11-6-12(8-13(7-11)17(20,21)22)15-23-10-26(24-15)4-2-14(27)25-5-3-16(18,19)9-25/h2,4,6-8,10H,3,5,9H2,1H3/b4-2-. The van der Waals surface area contributed by atoms with Gasteiger partial charge in [-0.3, -0.25) is 4.79 Å². The Morgan fingerprint density at radius 2 is 2.00 bits per heavy atom. The van der Waals surface area contributed by atoms with Crippen molar-refractivity contribution in [1.82, 2.24) is 19.7 Å². The van der Waals surface area contributed by atoms with Crippen LogP contribution in [0.3, 0.4) is 0 Å². The van der Waals surface area contributed by atoms with Gasteiger partial charge in [-0.2, -0.15) is 13.2 Å². The quantitative estimate of drug-likeness (QED) is 0.598. The molecule has 0 N–H and O–H groups in total. The molecule has 0 saturated carbocycles. The van der Waals surface area contributed by atoms with Crippen LogP contribution in [0.25, 0.3) is 17.6 Å². The Bertz CT molecular complexity index is 888. The van der Waals surface area contributed by atoms with E-state index < -0.39 is 30.1 Å². The van der Waals surface area contributed by atoms with Crippen molar-refractivity contribution in [2.24, 2.45) is 0 Å². The van der Waals surface area contributed by atoms with Crippen molar-refractivity contribution in [2.75, 3.05) is 13.1 Å². The highest BCUT2D eigenvalue weighted by Gasteiger charge is 2.39. The molecule has 1 saturated heterocycles. The minimum atomic E-state index is -4.49. The molecule has 1 amide bonds. The first-order valence-corrected chi connectivity index (χ1v) is 7.99. The maximum atomic E-state index is 13.1. The molecule has 1 aromatic heterocycles. The molecule has 0 atom stereocenters. The third kappa shape index (κ3) is 4.50. The first-order valence-electron chi connectivity index (χ1n) is 7.99. The molecule has 27 heavy (non-hydrogen) atoms. The monoisotopic (exact) mass is 386 g/mol. The summed E-state index contributed by atoms with van der Waals surface area (Å²) in [4.78, 5) is 16.9. The normalized spacial score (nSPS) is 17.0. The number of hydrogen-bond donors (Lipinski definition) is 0. The number of likely N-dealkylation sites (tertiary alicyclic amines) is 1. The van der Waals surface area contributed by atoms with E-state index in [1.807, 2.05) is 0 Å². The van der Waals surface area contributed by atoms with E-state index in [9.17, 15) is 26.7 Å². The number of aryl methyl sites for hydroxylation is 1. The van der Waals surface area contributed by atoms with Crippen molar-refractivity contribution in [1.29, 1.82) is 0 Å².